The molecule has 1 aromatic carbocycles. The number of hydrogen-bond acceptors (Lipinski definition) is 1. The summed E-state index contributed by atoms with van der Waals surface area (Å²) < 4.78 is 0. The second-order valence-corrected chi connectivity index (χ2v) is 4.85. The fourth-order valence-corrected chi connectivity index (χ4v) is 1.83. The monoisotopic (exact) mass is 206 g/mol. The standard InChI is InChI=1S/C14H22O/c1-10(2)12-5-7-13(8-6-12)14(9-15)11(3)4/h5-8,10-11,14-15H,9H2,1-4H3. The van der Waals surface area contributed by atoms with E-state index in [1.165, 1.54) is 11.1 Å². The molecule has 1 rings (SSSR count). The first-order chi connectivity index (χ1) is 7.06. The van der Waals surface area contributed by atoms with Crippen molar-refractivity contribution in [2.45, 2.75) is 39.5 Å². The van der Waals surface area contributed by atoms with Crippen molar-refractivity contribution in [1.29, 1.82) is 0 Å². The largest absolute Gasteiger partial charge is 0.396 e. The Labute approximate surface area is 93.1 Å². The van der Waals surface area contributed by atoms with Gasteiger partial charge < -0.3 is 5.11 Å². The van der Waals surface area contributed by atoms with E-state index in [4.69, 9.17) is 0 Å². The lowest BCUT2D eigenvalue weighted by Gasteiger charge is -2.19. The Hall–Kier alpha value is -0.820. The Bertz CT molecular complexity index is 285. The van der Waals surface area contributed by atoms with Crippen LogP contribution in [0.1, 0.15) is 50.7 Å². The summed E-state index contributed by atoms with van der Waals surface area (Å²) in [6.07, 6.45) is 0. The molecule has 0 heterocycles. The quantitative estimate of drug-likeness (QED) is 0.799. The number of hydrogen-bond donors (Lipinski definition) is 1. The summed E-state index contributed by atoms with van der Waals surface area (Å²) in [5.74, 6) is 1.33. The average molecular weight is 206 g/mol. The lowest BCUT2D eigenvalue weighted by atomic mass is 9.88. The molecule has 1 aromatic rings. The maximum absolute atomic E-state index is 9.33. The van der Waals surface area contributed by atoms with Crippen LogP contribution >= 0.6 is 0 Å². The highest BCUT2D eigenvalue weighted by molar-refractivity contribution is 5.27. The molecule has 1 unspecified atom stereocenters. The van der Waals surface area contributed by atoms with E-state index in [1.807, 2.05) is 0 Å². The molecule has 0 aromatic heterocycles. The van der Waals surface area contributed by atoms with Crippen molar-refractivity contribution >= 4 is 0 Å². The third-order valence-electron chi connectivity index (χ3n) is 3.03. The Balaban J connectivity index is 2.87. The number of aliphatic hydroxyl groups is 1. The molecular weight excluding hydrogens is 184 g/mol. The second-order valence-electron chi connectivity index (χ2n) is 4.85. The van der Waals surface area contributed by atoms with Crippen LogP contribution in [0.5, 0.6) is 0 Å². The first-order valence-electron chi connectivity index (χ1n) is 5.77. The van der Waals surface area contributed by atoms with E-state index in [9.17, 15) is 5.11 Å². The molecule has 1 N–H and O–H groups in total. The van der Waals surface area contributed by atoms with E-state index in [0.717, 1.165) is 0 Å². The fraction of sp³-hybridized carbons (Fsp3) is 0.571. The van der Waals surface area contributed by atoms with Crippen LogP contribution in [-0.4, -0.2) is 11.7 Å². The fourth-order valence-electron chi connectivity index (χ4n) is 1.83. The molecule has 0 aliphatic rings. The summed E-state index contributed by atoms with van der Waals surface area (Å²) in [6, 6.07) is 8.64. The minimum atomic E-state index is 0.235. The third kappa shape index (κ3) is 3.07. The summed E-state index contributed by atoms with van der Waals surface area (Å²) in [5, 5.41) is 9.33. The van der Waals surface area contributed by atoms with Crippen molar-refractivity contribution in [3.05, 3.63) is 35.4 Å². The van der Waals surface area contributed by atoms with Crippen molar-refractivity contribution < 1.29 is 5.11 Å². The van der Waals surface area contributed by atoms with Gasteiger partial charge in [-0.1, -0.05) is 52.0 Å². The van der Waals surface area contributed by atoms with E-state index in [-0.39, 0.29) is 12.5 Å². The predicted molar refractivity (Wildman–Crippen MR) is 65.2 cm³/mol. The zero-order valence-electron chi connectivity index (χ0n) is 10.2. The van der Waals surface area contributed by atoms with Crippen molar-refractivity contribution in [3.8, 4) is 0 Å². The second kappa shape index (κ2) is 5.32. The van der Waals surface area contributed by atoms with Gasteiger partial charge in [0, 0.05) is 5.92 Å². The Morgan fingerprint density at radius 3 is 1.73 bits per heavy atom. The van der Waals surface area contributed by atoms with Crippen LogP contribution in [-0.2, 0) is 0 Å². The van der Waals surface area contributed by atoms with Gasteiger partial charge in [-0.3, -0.25) is 0 Å². The molecule has 0 spiro atoms. The predicted octanol–water partition coefficient (Wildman–Crippen LogP) is 3.54. The summed E-state index contributed by atoms with van der Waals surface area (Å²) in [6.45, 7) is 8.93. The van der Waals surface area contributed by atoms with Crippen molar-refractivity contribution in [1.82, 2.24) is 0 Å². The first-order valence-corrected chi connectivity index (χ1v) is 5.77. The molecule has 0 saturated heterocycles. The Morgan fingerprint density at radius 2 is 1.40 bits per heavy atom. The lowest BCUT2D eigenvalue weighted by Crippen LogP contribution is -2.11. The topological polar surface area (TPSA) is 20.2 Å². The number of aliphatic hydroxyl groups excluding tert-OH is 1. The smallest absolute Gasteiger partial charge is 0.0502 e. The molecule has 1 heteroatoms. The number of benzene rings is 1. The summed E-state index contributed by atoms with van der Waals surface area (Å²) >= 11 is 0. The Morgan fingerprint density at radius 1 is 0.933 bits per heavy atom. The van der Waals surface area contributed by atoms with E-state index in [1.54, 1.807) is 0 Å². The molecule has 0 fully saturated rings. The lowest BCUT2D eigenvalue weighted by molar-refractivity contribution is 0.237. The van der Waals surface area contributed by atoms with E-state index >= 15 is 0 Å². The molecule has 0 bridgehead atoms. The molecule has 0 aliphatic carbocycles. The van der Waals surface area contributed by atoms with Crippen LogP contribution < -0.4 is 0 Å². The van der Waals surface area contributed by atoms with Crippen LogP contribution in [0.15, 0.2) is 24.3 Å². The highest BCUT2D eigenvalue weighted by atomic mass is 16.3. The highest BCUT2D eigenvalue weighted by Gasteiger charge is 2.14. The van der Waals surface area contributed by atoms with Gasteiger partial charge in [0.1, 0.15) is 0 Å². The van der Waals surface area contributed by atoms with Gasteiger partial charge in [0.15, 0.2) is 0 Å². The van der Waals surface area contributed by atoms with Gasteiger partial charge in [0.25, 0.3) is 0 Å². The molecule has 0 amide bonds. The van der Waals surface area contributed by atoms with Gasteiger partial charge in [0.2, 0.25) is 0 Å². The zero-order chi connectivity index (χ0) is 11.4. The van der Waals surface area contributed by atoms with Crippen molar-refractivity contribution in [3.63, 3.8) is 0 Å². The zero-order valence-corrected chi connectivity index (χ0v) is 10.2. The van der Waals surface area contributed by atoms with Gasteiger partial charge >= 0.3 is 0 Å². The third-order valence-corrected chi connectivity index (χ3v) is 3.03. The highest BCUT2D eigenvalue weighted by Crippen LogP contribution is 2.25. The van der Waals surface area contributed by atoms with Gasteiger partial charge in [0.05, 0.1) is 6.61 Å². The maximum Gasteiger partial charge on any atom is 0.0502 e. The van der Waals surface area contributed by atoms with Gasteiger partial charge in [-0.2, -0.15) is 0 Å². The SMILES string of the molecule is CC(C)c1ccc(C(CO)C(C)C)cc1. The van der Waals surface area contributed by atoms with Crippen LogP contribution in [0.4, 0.5) is 0 Å². The average Bonchev–Trinajstić information content (AvgIpc) is 2.19. The summed E-state index contributed by atoms with van der Waals surface area (Å²) in [7, 11) is 0. The van der Waals surface area contributed by atoms with Gasteiger partial charge in [-0.05, 0) is 23.0 Å². The number of rotatable bonds is 4. The van der Waals surface area contributed by atoms with Crippen molar-refractivity contribution in [2.24, 2.45) is 5.92 Å². The first kappa shape index (κ1) is 12.3. The molecule has 0 aliphatic heterocycles. The van der Waals surface area contributed by atoms with Crippen LogP contribution in [0.25, 0.3) is 0 Å². The van der Waals surface area contributed by atoms with Crippen LogP contribution in [0.2, 0.25) is 0 Å². The van der Waals surface area contributed by atoms with E-state index < -0.39 is 0 Å². The minimum Gasteiger partial charge on any atom is -0.396 e. The van der Waals surface area contributed by atoms with E-state index in [0.29, 0.717) is 11.8 Å². The molecule has 0 saturated carbocycles. The molecule has 0 radical (unpaired) electrons. The minimum absolute atomic E-state index is 0.235. The van der Waals surface area contributed by atoms with Crippen LogP contribution in [0, 0.1) is 5.92 Å². The molecular formula is C14H22O. The van der Waals surface area contributed by atoms with Crippen LogP contribution in [0.3, 0.4) is 0 Å². The molecule has 1 nitrogen and oxygen atoms in total. The summed E-state index contributed by atoms with van der Waals surface area (Å²) in [5.41, 5.74) is 2.61. The summed E-state index contributed by atoms with van der Waals surface area (Å²) in [4.78, 5) is 0. The molecule has 84 valence electrons. The molecule has 15 heavy (non-hydrogen) atoms. The molecule has 1 atom stereocenters. The van der Waals surface area contributed by atoms with E-state index in [2.05, 4.69) is 52.0 Å². The van der Waals surface area contributed by atoms with Gasteiger partial charge in [-0.15, -0.1) is 0 Å². The normalized spacial score (nSPS) is 13.5. The van der Waals surface area contributed by atoms with Crippen molar-refractivity contribution in [2.75, 3.05) is 6.61 Å². The maximum atomic E-state index is 9.33. The van der Waals surface area contributed by atoms with Gasteiger partial charge in [-0.25, -0.2) is 0 Å². The Kier molecular flexibility index (Phi) is 4.34.